The van der Waals surface area contributed by atoms with Crippen LogP contribution < -0.4 is 43.1 Å². The minimum Gasteiger partial charge on any atom is -1.00 e. The summed E-state index contributed by atoms with van der Waals surface area (Å²) in [6.07, 6.45) is 7.13. The Balaban J connectivity index is 0.00000337. The fourth-order valence-electron chi connectivity index (χ4n) is 4.92. The SMILES string of the molecule is COC(=O)CN1C(C[n+]2ccccc2)=C(C(=O)OC)C(c2cccc([N+](=O)[O-])c2)C(C(=O)OC)=C1C[n+]1ccccc1.[Br-].[Br-]. The molecule has 12 nitrogen and oxygen atoms in total. The van der Waals surface area contributed by atoms with Gasteiger partial charge < -0.3 is 53.1 Å². The zero-order chi connectivity index (χ0) is 30.2. The predicted molar refractivity (Wildman–Crippen MR) is 146 cm³/mol. The number of esters is 3. The predicted octanol–water partition coefficient (Wildman–Crippen LogP) is -4.00. The molecule has 1 aliphatic rings. The van der Waals surface area contributed by atoms with Crippen molar-refractivity contribution in [2.24, 2.45) is 0 Å². The Hall–Kier alpha value is -4.43. The van der Waals surface area contributed by atoms with Crippen molar-refractivity contribution >= 4 is 23.6 Å². The Kier molecular flexibility index (Phi) is 13.4. The second-order valence-corrected chi connectivity index (χ2v) is 9.25. The number of methoxy groups -OCH3 is 3. The summed E-state index contributed by atoms with van der Waals surface area (Å²) in [5, 5.41) is 11.7. The lowest BCUT2D eigenvalue weighted by atomic mass is 9.79. The van der Waals surface area contributed by atoms with Crippen LogP contribution in [-0.2, 0) is 41.7 Å². The number of non-ortho nitro benzene ring substituents is 1. The summed E-state index contributed by atoms with van der Waals surface area (Å²) < 4.78 is 19.0. The van der Waals surface area contributed by atoms with E-state index in [9.17, 15) is 24.5 Å². The maximum absolute atomic E-state index is 13.6. The first-order valence-corrected chi connectivity index (χ1v) is 12.9. The molecule has 1 aromatic carbocycles. The van der Waals surface area contributed by atoms with E-state index in [2.05, 4.69) is 0 Å². The number of aromatic nitrogens is 2. The summed E-state index contributed by atoms with van der Waals surface area (Å²) in [6, 6.07) is 16.6. The Labute approximate surface area is 274 Å². The number of rotatable bonds is 10. The highest BCUT2D eigenvalue weighted by Gasteiger charge is 2.45. The van der Waals surface area contributed by atoms with Crippen molar-refractivity contribution in [1.29, 1.82) is 0 Å². The summed E-state index contributed by atoms with van der Waals surface area (Å²) in [5.41, 5.74) is 0.823. The highest BCUT2D eigenvalue weighted by atomic mass is 79.9. The third kappa shape index (κ3) is 7.94. The average molecular weight is 734 g/mol. The van der Waals surface area contributed by atoms with E-state index in [1.165, 1.54) is 39.5 Å². The smallest absolute Gasteiger partial charge is 0.336 e. The highest BCUT2D eigenvalue weighted by molar-refractivity contribution is 6.00. The maximum Gasteiger partial charge on any atom is 0.336 e. The number of hydrogen-bond donors (Lipinski definition) is 0. The van der Waals surface area contributed by atoms with Crippen molar-refractivity contribution in [2.75, 3.05) is 27.9 Å². The van der Waals surface area contributed by atoms with Crippen LogP contribution in [0.1, 0.15) is 11.5 Å². The normalized spacial score (nSPS) is 12.9. The number of hydrogen-bond acceptors (Lipinski definition) is 9. The molecule has 0 saturated heterocycles. The molecule has 0 unspecified atom stereocenters. The minimum absolute atomic E-state index is 0. The Morgan fingerprint density at radius 1 is 0.773 bits per heavy atom. The van der Waals surface area contributed by atoms with E-state index in [0.717, 1.165) is 0 Å². The highest BCUT2D eigenvalue weighted by Crippen LogP contribution is 2.44. The van der Waals surface area contributed by atoms with Gasteiger partial charge in [-0.1, -0.05) is 24.3 Å². The molecule has 0 bridgehead atoms. The monoisotopic (exact) mass is 732 g/mol. The molecule has 3 heterocycles. The van der Waals surface area contributed by atoms with Crippen LogP contribution in [0.25, 0.3) is 0 Å². The summed E-state index contributed by atoms with van der Waals surface area (Å²) in [7, 11) is 3.65. The lowest BCUT2D eigenvalue weighted by Gasteiger charge is -2.37. The molecule has 44 heavy (non-hydrogen) atoms. The Bertz CT molecular complexity index is 1490. The van der Waals surface area contributed by atoms with Crippen LogP contribution in [0, 0.1) is 10.1 Å². The van der Waals surface area contributed by atoms with Crippen molar-refractivity contribution in [3.05, 3.63) is 124 Å². The third-order valence-corrected chi connectivity index (χ3v) is 6.81. The molecule has 0 spiro atoms. The summed E-state index contributed by atoms with van der Waals surface area (Å²) in [6.45, 7) is -0.166. The van der Waals surface area contributed by atoms with Crippen LogP contribution in [0.2, 0.25) is 0 Å². The van der Waals surface area contributed by atoms with Crippen molar-refractivity contribution in [3.8, 4) is 0 Å². The lowest BCUT2D eigenvalue weighted by Crippen LogP contribution is -3.00. The van der Waals surface area contributed by atoms with Crippen molar-refractivity contribution in [1.82, 2.24) is 4.90 Å². The maximum atomic E-state index is 13.6. The number of allylic oxidation sites excluding steroid dienone is 2. The largest absolute Gasteiger partial charge is 1.00 e. The van der Waals surface area contributed by atoms with E-state index in [4.69, 9.17) is 14.2 Å². The number of nitrogens with zero attached hydrogens (tertiary/aromatic N) is 4. The van der Waals surface area contributed by atoms with Crippen LogP contribution in [0.3, 0.4) is 0 Å². The molecule has 0 radical (unpaired) electrons. The Morgan fingerprint density at radius 3 is 1.66 bits per heavy atom. The molecule has 14 heteroatoms. The number of pyridine rings is 2. The number of ether oxygens (including phenoxy) is 3. The first kappa shape index (κ1) is 35.8. The van der Waals surface area contributed by atoms with Gasteiger partial charge in [0.15, 0.2) is 37.9 Å². The van der Waals surface area contributed by atoms with Crippen molar-refractivity contribution in [3.63, 3.8) is 0 Å². The van der Waals surface area contributed by atoms with Gasteiger partial charge in [-0.05, 0) is 5.56 Å². The van der Waals surface area contributed by atoms with E-state index in [1.54, 1.807) is 69.2 Å². The Morgan fingerprint density at radius 2 is 1.25 bits per heavy atom. The number of nitro benzene ring substituents is 1. The molecule has 0 saturated carbocycles. The molecule has 0 amide bonds. The van der Waals surface area contributed by atoms with Crippen molar-refractivity contribution < 1.29 is 76.6 Å². The van der Waals surface area contributed by atoms with Gasteiger partial charge in [-0.3, -0.25) is 14.9 Å². The van der Waals surface area contributed by atoms with E-state index < -0.39 is 28.7 Å². The van der Waals surface area contributed by atoms with Crippen LogP contribution in [0.5, 0.6) is 0 Å². The molecular formula is C30H30Br2N4O8. The minimum atomic E-state index is -1.13. The summed E-state index contributed by atoms with van der Waals surface area (Å²) in [5.74, 6) is -3.30. The van der Waals surface area contributed by atoms with Gasteiger partial charge in [-0.2, -0.15) is 9.13 Å². The van der Waals surface area contributed by atoms with Gasteiger partial charge in [0.05, 0.1) is 54.7 Å². The summed E-state index contributed by atoms with van der Waals surface area (Å²) >= 11 is 0. The first-order valence-electron chi connectivity index (χ1n) is 12.9. The quantitative estimate of drug-likeness (QED) is 0.0673. The molecule has 3 aromatic rings. The second kappa shape index (κ2) is 16.4. The molecule has 0 fully saturated rings. The lowest BCUT2D eigenvalue weighted by molar-refractivity contribution is -0.693. The van der Waals surface area contributed by atoms with Crippen LogP contribution in [-0.4, -0.2) is 55.6 Å². The van der Waals surface area contributed by atoms with Gasteiger partial charge >= 0.3 is 17.9 Å². The number of halogens is 2. The molecule has 4 rings (SSSR count). The van der Waals surface area contributed by atoms with E-state index >= 15 is 0 Å². The van der Waals surface area contributed by atoms with Crippen LogP contribution >= 0.6 is 0 Å². The molecule has 0 N–H and O–H groups in total. The molecule has 0 aliphatic carbocycles. The molecule has 0 atom stereocenters. The number of carbonyl (C=O) groups is 3. The molecule has 2 aromatic heterocycles. The van der Waals surface area contributed by atoms with Crippen LogP contribution in [0.15, 0.2) is 108 Å². The van der Waals surface area contributed by atoms with Gasteiger partial charge in [0, 0.05) is 36.4 Å². The van der Waals surface area contributed by atoms with Gasteiger partial charge in [0.25, 0.3) is 5.69 Å². The van der Waals surface area contributed by atoms with Gasteiger partial charge in [0.1, 0.15) is 6.54 Å². The van der Waals surface area contributed by atoms with Gasteiger partial charge in [-0.25, -0.2) is 9.59 Å². The third-order valence-electron chi connectivity index (χ3n) is 6.81. The van der Waals surface area contributed by atoms with E-state index in [1.807, 2.05) is 12.1 Å². The van der Waals surface area contributed by atoms with Gasteiger partial charge in [-0.15, -0.1) is 0 Å². The average Bonchev–Trinajstić information content (AvgIpc) is 3.02. The molecular weight excluding hydrogens is 704 g/mol. The fourth-order valence-corrected chi connectivity index (χ4v) is 4.92. The second-order valence-electron chi connectivity index (χ2n) is 9.25. The molecule has 232 valence electrons. The van der Waals surface area contributed by atoms with Crippen LogP contribution in [0.4, 0.5) is 5.69 Å². The zero-order valence-corrected chi connectivity index (χ0v) is 27.3. The fraction of sp³-hybridized carbons (Fsp3) is 0.233. The number of nitro groups is 1. The number of carbonyl (C=O) groups excluding carboxylic acids is 3. The zero-order valence-electron chi connectivity index (χ0n) is 24.1. The van der Waals surface area contributed by atoms with Crippen molar-refractivity contribution in [2.45, 2.75) is 19.0 Å². The summed E-state index contributed by atoms with van der Waals surface area (Å²) in [4.78, 5) is 52.8. The topological polar surface area (TPSA) is 133 Å². The standard InChI is InChI=1S/C30H30N4O8.2BrH/c1-40-25(35)20-33-23(18-31-13-6-4-7-14-31)27(29(36)41-2)26(21-11-10-12-22(17-21)34(38)39)28(30(37)42-3)24(33)19-32-15-8-5-9-16-32;;/h4-17,26H,18-20H2,1-3H3;2*1H/q+2;;/p-2. The number of benzene rings is 1. The first-order chi connectivity index (χ1) is 20.3. The van der Waals surface area contributed by atoms with Gasteiger partial charge in [0.2, 0.25) is 0 Å². The van der Waals surface area contributed by atoms with E-state index in [0.29, 0.717) is 17.0 Å². The molecule has 1 aliphatic heterocycles. The van der Waals surface area contributed by atoms with E-state index in [-0.39, 0.29) is 70.4 Å².